The molecule has 0 saturated carbocycles. The monoisotopic (exact) mass is 170 g/mol. The van der Waals surface area contributed by atoms with Gasteiger partial charge in [-0.2, -0.15) is 0 Å². The first-order valence-electron chi connectivity index (χ1n) is 4.61. The number of rotatable bonds is 4. The molecular formula is C9H16NO2. The van der Waals surface area contributed by atoms with Crippen LogP contribution in [0.2, 0.25) is 0 Å². The maximum atomic E-state index is 10.5. The number of hydrogen-bond acceptors (Lipinski definition) is 3. The molecule has 0 spiro atoms. The summed E-state index contributed by atoms with van der Waals surface area (Å²) in [6, 6.07) is -0.171. The van der Waals surface area contributed by atoms with Gasteiger partial charge in [-0.05, 0) is 32.4 Å². The first-order valence-corrected chi connectivity index (χ1v) is 4.61. The Morgan fingerprint density at radius 1 is 1.33 bits per heavy atom. The number of aliphatic hydroxyl groups is 1. The molecule has 1 atom stereocenters. The number of nitrogens with zero attached hydrogens (tertiary/aromatic N) is 1. The highest BCUT2D eigenvalue weighted by Gasteiger charge is 2.19. The fourth-order valence-electron chi connectivity index (χ4n) is 1.67. The van der Waals surface area contributed by atoms with E-state index < -0.39 is 0 Å². The van der Waals surface area contributed by atoms with Crippen LogP contribution in [-0.4, -0.2) is 42.0 Å². The van der Waals surface area contributed by atoms with Crippen LogP contribution in [0, 0.1) is 0 Å². The van der Waals surface area contributed by atoms with Crippen LogP contribution in [0.15, 0.2) is 0 Å². The second-order valence-electron chi connectivity index (χ2n) is 3.24. The molecule has 0 amide bonds. The molecule has 1 rings (SSSR count). The number of aliphatic hydroxyl groups excluding tert-OH is 1. The van der Waals surface area contributed by atoms with Gasteiger partial charge >= 0.3 is 0 Å². The lowest BCUT2D eigenvalue weighted by molar-refractivity contribution is 0.167. The van der Waals surface area contributed by atoms with E-state index in [9.17, 15) is 4.79 Å². The fraction of sp³-hybridized carbons (Fsp3) is 0.889. The molecule has 1 heterocycles. The normalized spacial score (nSPS) is 22.1. The van der Waals surface area contributed by atoms with Gasteiger partial charge in [0.2, 0.25) is 6.29 Å². The average Bonchev–Trinajstić information content (AvgIpc) is 2.15. The van der Waals surface area contributed by atoms with Crippen LogP contribution >= 0.6 is 0 Å². The van der Waals surface area contributed by atoms with Crippen molar-refractivity contribution in [3.05, 3.63) is 0 Å². The smallest absolute Gasteiger partial charge is 0.217 e. The minimum Gasteiger partial charge on any atom is -0.396 e. The third-order valence-electron chi connectivity index (χ3n) is 2.37. The summed E-state index contributed by atoms with van der Waals surface area (Å²) in [5.41, 5.74) is 0. The summed E-state index contributed by atoms with van der Waals surface area (Å²) in [6.45, 7) is 2.05. The van der Waals surface area contributed by atoms with E-state index in [1.54, 1.807) is 0 Å². The Morgan fingerprint density at radius 3 is 2.50 bits per heavy atom. The lowest BCUT2D eigenvalue weighted by atomic mass is 10.1. The lowest BCUT2D eigenvalue weighted by Crippen LogP contribution is -2.40. The van der Waals surface area contributed by atoms with E-state index in [2.05, 4.69) is 4.90 Å². The summed E-state index contributed by atoms with van der Waals surface area (Å²) in [5, 5.41) is 8.69. The molecule has 1 aliphatic heterocycles. The van der Waals surface area contributed by atoms with Crippen molar-refractivity contribution in [3.8, 4) is 0 Å². The van der Waals surface area contributed by atoms with Gasteiger partial charge in [-0.15, -0.1) is 0 Å². The summed E-state index contributed by atoms with van der Waals surface area (Å²) >= 11 is 0. The molecule has 1 fully saturated rings. The van der Waals surface area contributed by atoms with Gasteiger partial charge in [0.05, 0.1) is 6.04 Å². The minimum absolute atomic E-state index is 0.0798. The van der Waals surface area contributed by atoms with Crippen molar-refractivity contribution < 1.29 is 9.90 Å². The maximum Gasteiger partial charge on any atom is 0.217 e. The summed E-state index contributed by atoms with van der Waals surface area (Å²) in [7, 11) is 0. The van der Waals surface area contributed by atoms with Crippen LogP contribution in [0.1, 0.15) is 25.7 Å². The zero-order chi connectivity index (χ0) is 8.81. The Morgan fingerprint density at radius 2 is 2.00 bits per heavy atom. The molecule has 3 heteroatoms. The van der Waals surface area contributed by atoms with Gasteiger partial charge in [-0.3, -0.25) is 9.69 Å². The molecule has 0 aliphatic carbocycles. The predicted octanol–water partition coefficient (Wildman–Crippen LogP) is 0.333. The van der Waals surface area contributed by atoms with E-state index in [1.807, 2.05) is 6.29 Å². The lowest BCUT2D eigenvalue weighted by Gasteiger charge is -2.30. The molecule has 0 bridgehead atoms. The van der Waals surface area contributed by atoms with Gasteiger partial charge in [0.15, 0.2) is 0 Å². The van der Waals surface area contributed by atoms with Crippen LogP contribution in [0.5, 0.6) is 0 Å². The van der Waals surface area contributed by atoms with E-state index in [-0.39, 0.29) is 12.6 Å². The standard InChI is InChI=1S/C9H16NO2/c11-7-4-9(8-12)10-5-2-1-3-6-10/h9,11H,1-7H2. The number of likely N-dealkylation sites (tertiary alicyclic amines) is 1. The summed E-state index contributed by atoms with van der Waals surface area (Å²) < 4.78 is 0. The molecule has 1 saturated heterocycles. The minimum atomic E-state index is -0.171. The topological polar surface area (TPSA) is 40.5 Å². The van der Waals surface area contributed by atoms with Gasteiger partial charge < -0.3 is 5.11 Å². The first-order chi connectivity index (χ1) is 5.88. The highest BCUT2D eigenvalue weighted by atomic mass is 16.3. The largest absolute Gasteiger partial charge is 0.396 e. The second kappa shape index (κ2) is 5.27. The van der Waals surface area contributed by atoms with Gasteiger partial charge in [-0.25, -0.2) is 0 Å². The Balaban J connectivity index is 2.34. The second-order valence-corrected chi connectivity index (χ2v) is 3.24. The van der Waals surface area contributed by atoms with Crippen LogP contribution in [0.3, 0.4) is 0 Å². The molecule has 69 valence electrons. The van der Waals surface area contributed by atoms with E-state index in [1.165, 1.54) is 19.3 Å². The van der Waals surface area contributed by atoms with Crippen molar-refractivity contribution in [2.24, 2.45) is 0 Å². The van der Waals surface area contributed by atoms with Crippen molar-refractivity contribution in [3.63, 3.8) is 0 Å². The molecule has 1 aliphatic rings. The van der Waals surface area contributed by atoms with Gasteiger partial charge in [0.25, 0.3) is 0 Å². The van der Waals surface area contributed by atoms with Crippen molar-refractivity contribution >= 4 is 6.29 Å². The van der Waals surface area contributed by atoms with Gasteiger partial charge in [-0.1, -0.05) is 6.42 Å². The Labute approximate surface area is 73.4 Å². The third-order valence-corrected chi connectivity index (χ3v) is 2.37. The van der Waals surface area contributed by atoms with E-state index >= 15 is 0 Å². The van der Waals surface area contributed by atoms with Crippen LogP contribution in [-0.2, 0) is 4.79 Å². The zero-order valence-corrected chi connectivity index (χ0v) is 7.33. The van der Waals surface area contributed by atoms with E-state index in [0.717, 1.165) is 13.1 Å². The number of piperidine rings is 1. The average molecular weight is 170 g/mol. The van der Waals surface area contributed by atoms with Crippen molar-refractivity contribution in [1.29, 1.82) is 0 Å². The molecule has 1 N–H and O–H groups in total. The quantitative estimate of drug-likeness (QED) is 0.661. The molecule has 1 radical (unpaired) electrons. The first kappa shape index (κ1) is 9.68. The van der Waals surface area contributed by atoms with Crippen LogP contribution in [0.25, 0.3) is 0 Å². The van der Waals surface area contributed by atoms with E-state index in [0.29, 0.717) is 6.42 Å². The SMILES string of the molecule is O=[C]C(CCO)N1CCCCC1. The van der Waals surface area contributed by atoms with Crippen molar-refractivity contribution in [2.75, 3.05) is 19.7 Å². The number of carbonyl (C=O) groups excluding carboxylic acids is 1. The Hall–Kier alpha value is -0.410. The molecule has 0 aromatic carbocycles. The molecule has 0 aromatic heterocycles. The predicted molar refractivity (Wildman–Crippen MR) is 46.6 cm³/mol. The highest BCUT2D eigenvalue weighted by molar-refractivity contribution is 5.58. The van der Waals surface area contributed by atoms with Crippen LogP contribution in [0.4, 0.5) is 0 Å². The molecular weight excluding hydrogens is 154 g/mol. The zero-order valence-electron chi connectivity index (χ0n) is 7.33. The van der Waals surface area contributed by atoms with Gasteiger partial charge in [0, 0.05) is 6.61 Å². The fourth-order valence-corrected chi connectivity index (χ4v) is 1.67. The van der Waals surface area contributed by atoms with E-state index in [4.69, 9.17) is 5.11 Å². The molecule has 12 heavy (non-hydrogen) atoms. The number of hydrogen-bond donors (Lipinski definition) is 1. The molecule has 1 unspecified atom stereocenters. The summed E-state index contributed by atoms with van der Waals surface area (Å²) in [5.74, 6) is 0. The molecule has 0 aromatic rings. The summed E-state index contributed by atoms with van der Waals surface area (Å²) in [4.78, 5) is 12.6. The third kappa shape index (κ3) is 2.57. The highest BCUT2D eigenvalue weighted by Crippen LogP contribution is 2.12. The van der Waals surface area contributed by atoms with Crippen molar-refractivity contribution in [2.45, 2.75) is 31.7 Å². The molecule has 3 nitrogen and oxygen atoms in total. The summed E-state index contributed by atoms with van der Waals surface area (Å²) in [6.07, 6.45) is 6.13. The Kier molecular flexibility index (Phi) is 4.25. The van der Waals surface area contributed by atoms with Crippen LogP contribution < -0.4 is 0 Å². The maximum absolute atomic E-state index is 10.5. The van der Waals surface area contributed by atoms with Crippen molar-refractivity contribution in [1.82, 2.24) is 4.90 Å². The Bertz CT molecular complexity index is 132. The van der Waals surface area contributed by atoms with Gasteiger partial charge in [0.1, 0.15) is 0 Å².